The molecule has 0 radical (unpaired) electrons. The molecular weight excluding hydrogens is 450 g/mol. The third-order valence-electron chi connectivity index (χ3n) is 4.90. The predicted octanol–water partition coefficient (Wildman–Crippen LogP) is 2.45. The molecule has 190 valence electrons. The maximum atomic E-state index is 13.2. The van der Waals surface area contributed by atoms with Crippen LogP contribution in [0, 0.1) is 11.3 Å². The van der Waals surface area contributed by atoms with Crippen molar-refractivity contribution < 1.29 is 32.6 Å². The Balaban J connectivity index is 2.36. The van der Waals surface area contributed by atoms with Crippen molar-refractivity contribution in [2.24, 2.45) is 17.1 Å². The van der Waals surface area contributed by atoms with Crippen LogP contribution < -0.4 is 20.7 Å². The number of alkyl halides is 2. The number of morpholine rings is 1. The van der Waals surface area contributed by atoms with Crippen LogP contribution in [-0.2, 0) is 19.1 Å². The Morgan fingerprint density at radius 2 is 1.97 bits per heavy atom. The Bertz CT molecular complexity index is 889. The Morgan fingerprint density at radius 1 is 1.29 bits per heavy atom. The number of hydrogen-bond acceptors (Lipinski definition) is 6. The smallest absolute Gasteiger partial charge is 0.387 e. The van der Waals surface area contributed by atoms with Crippen molar-refractivity contribution in [1.82, 2.24) is 4.90 Å². The summed E-state index contributed by atoms with van der Waals surface area (Å²) in [6.45, 7) is 7.90. The van der Waals surface area contributed by atoms with Gasteiger partial charge in [-0.3, -0.25) is 19.3 Å². The maximum Gasteiger partial charge on any atom is 0.387 e. The van der Waals surface area contributed by atoms with Gasteiger partial charge in [-0.1, -0.05) is 34.6 Å². The highest BCUT2D eigenvalue weighted by Gasteiger charge is 2.34. The minimum absolute atomic E-state index is 0.0683. The molecule has 0 spiro atoms. The predicted molar refractivity (Wildman–Crippen MR) is 124 cm³/mol. The first kappa shape index (κ1) is 27.5. The fourth-order valence-electron chi connectivity index (χ4n) is 3.78. The van der Waals surface area contributed by atoms with E-state index in [1.807, 2.05) is 34.6 Å². The minimum atomic E-state index is -3.17. The zero-order valence-electron chi connectivity index (χ0n) is 20.3. The number of nitrogens with zero attached hydrogens (tertiary/aromatic N) is 2. The Morgan fingerprint density at radius 3 is 2.50 bits per heavy atom. The molecule has 1 atom stereocenters. The molecule has 11 heteroatoms. The normalized spacial score (nSPS) is 15.7. The van der Waals surface area contributed by atoms with Crippen molar-refractivity contribution >= 4 is 29.1 Å². The van der Waals surface area contributed by atoms with Crippen LogP contribution in [0.15, 0.2) is 18.2 Å². The molecule has 9 nitrogen and oxygen atoms in total. The fraction of sp³-hybridized carbons (Fsp3) is 0.609. The summed E-state index contributed by atoms with van der Waals surface area (Å²) < 4.78 is 35.9. The molecule has 0 saturated carbocycles. The van der Waals surface area contributed by atoms with Gasteiger partial charge < -0.3 is 25.4 Å². The molecule has 1 fully saturated rings. The molecule has 1 aromatic carbocycles. The lowest BCUT2D eigenvalue weighted by Crippen LogP contribution is -2.55. The van der Waals surface area contributed by atoms with E-state index in [0.29, 0.717) is 25.4 Å². The van der Waals surface area contributed by atoms with E-state index in [1.165, 1.54) is 23.1 Å². The van der Waals surface area contributed by atoms with Gasteiger partial charge in [0.05, 0.1) is 12.3 Å². The number of rotatable bonds is 10. The number of amides is 3. The van der Waals surface area contributed by atoms with Crippen LogP contribution in [0.5, 0.6) is 5.75 Å². The number of hydrogen-bond donors (Lipinski definition) is 2. The van der Waals surface area contributed by atoms with E-state index >= 15 is 0 Å². The number of primary amides is 1. The maximum absolute atomic E-state index is 13.2. The summed E-state index contributed by atoms with van der Waals surface area (Å²) in [5.41, 5.74) is 5.61. The van der Waals surface area contributed by atoms with Crippen molar-refractivity contribution in [1.29, 1.82) is 0 Å². The number of nitrogens with two attached hydrogens (primary N) is 1. The van der Waals surface area contributed by atoms with Gasteiger partial charge >= 0.3 is 6.61 Å². The van der Waals surface area contributed by atoms with E-state index in [0.717, 1.165) is 0 Å². The largest absolute Gasteiger partial charge is 0.433 e. The highest BCUT2D eigenvalue weighted by molar-refractivity contribution is 6.10. The average molecular weight is 485 g/mol. The van der Waals surface area contributed by atoms with Crippen LogP contribution in [0.2, 0.25) is 0 Å². The molecule has 2 rings (SSSR count). The van der Waals surface area contributed by atoms with Crippen molar-refractivity contribution in [2.45, 2.75) is 47.3 Å². The number of ether oxygens (including phenoxy) is 2. The lowest BCUT2D eigenvalue weighted by atomic mass is 9.94. The van der Waals surface area contributed by atoms with E-state index in [1.54, 1.807) is 4.90 Å². The van der Waals surface area contributed by atoms with Crippen LogP contribution in [0.1, 0.15) is 34.6 Å². The van der Waals surface area contributed by atoms with Crippen LogP contribution in [0.3, 0.4) is 0 Å². The molecule has 1 heterocycles. The molecule has 1 aromatic rings. The zero-order valence-corrected chi connectivity index (χ0v) is 20.3. The Hall–Kier alpha value is -2.79. The fourth-order valence-corrected chi connectivity index (χ4v) is 3.78. The lowest BCUT2D eigenvalue weighted by Gasteiger charge is -2.35. The van der Waals surface area contributed by atoms with E-state index in [2.05, 4.69) is 10.1 Å². The summed E-state index contributed by atoms with van der Waals surface area (Å²) in [6.07, 6.45) is 0. The quantitative estimate of drug-likeness (QED) is 0.493. The molecule has 3 N–H and O–H groups in total. The monoisotopic (exact) mass is 484 g/mol. The molecule has 0 unspecified atom stereocenters. The Labute approximate surface area is 198 Å². The standard InChI is InChI=1S/C23H34F2N4O5/c1-14(2)11-28(13-23(3,4)5)19(20(26)31)21(32)27-16-7-6-15(10-17(16)34-22(24)25)29-8-9-33-12-18(29)30/h6-7,10,14,19,22H,8-9,11-13H2,1-5H3,(H2,26,31)(H,27,32)/t19-/m0/s1. The summed E-state index contributed by atoms with van der Waals surface area (Å²) in [5.74, 6) is -2.14. The zero-order chi connectivity index (χ0) is 25.6. The first-order valence-electron chi connectivity index (χ1n) is 11.1. The van der Waals surface area contributed by atoms with Crippen molar-refractivity contribution in [2.75, 3.05) is 43.1 Å². The number of carbonyl (C=O) groups excluding carboxylic acids is 3. The van der Waals surface area contributed by atoms with E-state index in [4.69, 9.17) is 10.5 Å². The van der Waals surface area contributed by atoms with Crippen molar-refractivity contribution in [3.05, 3.63) is 18.2 Å². The number of benzene rings is 1. The molecule has 0 bridgehead atoms. The number of anilines is 2. The third-order valence-corrected chi connectivity index (χ3v) is 4.90. The second kappa shape index (κ2) is 11.6. The van der Waals surface area contributed by atoms with Crippen molar-refractivity contribution in [3.8, 4) is 5.75 Å². The van der Waals surface area contributed by atoms with Crippen LogP contribution >= 0.6 is 0 Å². The second-order valence-electron chi connectivity index (χ2n) is 9.84. The van der Waals surface area contributed by atoms with Gasteiger partial charge in [0.1, 0.15) is 6.61 Å². The Kier molecular flexibility index (Phi) is 9.34. The van der Waals surface area contributed by atoms with Gasteiger partial charge in [0.25, 0.3) is 11.8 Å². The number of carbonyl (C=O) groups is 3. The van der Waals surface area contributed by atoms with Gasteiger partial charge in [-0.2, -0.15) is 8.78 Å². The summed E-state index contributed by atoms with van der Waals surface area (Å²) >= 11 is 0. The molecule has 1 aliphatic rings. The van der Waals surface area contributed by atoms with E-state index in [-0.39, 0.29) is 41.8 Å². The highest BCUT2D eigenvalue weighted by atomic mass is 19.3. The minimum Gasteiger partial charge on any atom is -0.433 e. The van der Waals surface area contributed by atoms with Gasteiger partial charge in [0.2, 0.25) is 5.91 Å². The number of nitrogens with one attached hydrogen (secondary N) is 1. The average Bonchev–Trinajstić information content (AvgIpc) is 2.67. The highest BCUT2D eigenvalue weighted by Crippen LogP contribution is 2.32. The molecule has 1 saturated heterocycles. The number of halogens is 2. The molecule has 1 aliphatic heterocycles. The van der Waals surface area contributed by atoms with Gasteiger partial charge in [-0.15, -0.1) is 0 Å². The van der Waals surface area contributed by atoms with Crippen LogP contribution in [-0.4, -0.2) is 68.1 Å². The molecule has 3 amide bonds. The van der Waals surface area contributed by atoms with Crippen LogP contribution in [0.25, 0.3) is 0 Å². The third kappa shape index (κ3) is 7.91. The molecular formula is C23H34F2N4O5. The molecule has 34 heavy (non-hydrogen) atoms. The topological polar surface area (TPSA) is 114 Å². The SMILES string of the molecule is CC(C)CN(CC(C)(C)C)[C@@H](C(N)=O)C(=O)Nc1ccc(N2CCOCC2=O)cc1OC(F)F. The van der Waals surface area contributed by atoms with E-state index < -0.39 is 24.5 Å². The van der Waals surface area contributed by atoms with Gasteiger partial charge in [0.15, 0.2) is 11.8 Å². The summed E-state index contributed by atoms with van der Waals surface area (Å²) in [5, 5.41) is 2.51. The second-order valence-corrected chi connectivity index (χ2v) is 9.84. The van der Waals surface area contributed by atoms with Crippen molar-refractivity contribution in [3.63, 3.8) is 0 Å². The molecule has 0 aromatic heterocycles. The van der Waals surface area contributed by atoms with Crippen LogP contribution in [0.4, 0.5) is 20.2 Å². The van der Waals surface area contributed by atoms with Gasteiger partial charge in [-0.25, -0.2) is 0 Å². The first-order valence-corrected chi connectivity index (χ1v) is 11.1. The summed E-state index contributed by atoms with van der Waals surface area (Å²) in [6, 6.07) is 2.77. The lowest BCUT2D eigenvalue weighted by molar-refractivity contribution is -0.133. The summed E-state index contributed by atoms with van der Waals surface area (Å²) in [4.78, 5) is 40.7. The van der Waals surface area contributed by atoms with Gasteiger partial charge in [-0.05, 0) is 23.5 Å². The first-order chi connectivity index (χ1) is 15.8. The van der Waals surface area contributed by atoms with Gasteiger partial charge in [0, 0.05) is 31.4 Å². The van der Waals surface area contributed by atoms with E-state index in [9.17, 15) is 23.2 Å². The summed E-state index contributed by atoms with van der Waals surface area (Å²) in [7, 11) is 0. The molecule has 0 aliphatic carbocycles.